The Labute approximate surface area is 170 Å². The molecule has 0 aliphatic carbocycles. The molecule has 2 aromatic heterocycles. The van der Waals surface area contributed by atoms with Crippen LogP contribution in [0.25, 0.3) is 22.2 Å². The van der Waals surface area contributed by atoms with E-state index in [1.807, 2.05) is 48.8 Å². The number of anilines is 1. The number of carbonyl (C=O) groups is 1. The molecule has 2 aromatic carbocycles. The van der Waals surface area contributed by atoms with Gasteiger partial charge in [-0.05, 0) is 36.8 Å². The Morgan fingerprint density at radius 3 is 2.86 bits per heavy atom. The van der Waals surface area contributed by atoms with E-state index in [9.17, 15) is 4.79 Å². The van der Waals surface area contributed by atoms with Gasteiger partial charge in [-0.1, -0.05) is 12.1 Å². The lowest BCUT2D eigenvalue weighted by molar-refractivity contribution is -0.115. The summed E-state index contributed by atoms with van der Waals surface area (Å²) in [6, 6.07) is 11.5. The third kappa shape index (κ3) is 3.42. The number of aryl methyl sites for hydroxylation is 1. The number of hydrogen-bond donors (Lipinski definition) is 2. The molecule has 0 spiro atoms. The number of nitrogens with zero attached hydrogens (tertiary/aromatic N) is 2. The van der Waals surface area contributed by atoms with Crippen molar-refractivity contribution < 1.29 is 14.3 Å². The van der Waals surface area contributed by atoms with Gasteiger partial charge in [0.2, 0.25) is 5.91 Å². The van der Waals surface area contributed by atoms with Crippen LogP contribution in [-0.4, -0.2) is 34.3 Å². The Bertz CT molecular complexity index is 1210. The standard InChI is InChI=1S/C21H18N4O3S/c1-12-20(22-11-29-12)14-3-4-16-15(10-14)21(25-24-16)23-19(26)9-13-2-5-17-18(8-13)28-7-6-27-17/h2-5,8,10-11H,6-7,9H2,1H3,(H2,23,24,25,26). The second-order valence-corrected chi connectivity index (χ2v) is 7.85. The van der Waals surface area contributed by atoms with E-state index >= 15 is 0 Å². The third-order valence-electron chi connectivity index (χ3n) is 4.81. The highest BCUT2D eigenvalue weighted by Crippen LogP contribution is 2.32. The highest BCUT2D eigenvalue weighted by Gasteiger charge is 2.15. The summed E-state index contributed by atoms with van der Waals surface area (Å²) >= 11 is 1.61. The van der Waals surface area contributed by atoms with Gasteiger partial charge in [-0.25, -0.2) is 4.98 Å². The summed E-state index contributed by atoms with van der Waals surface area (Å²) in [7, 11) is 0. The Morgan fingerprint density at radius 1 is 1.17 bits per heavy atom. The van der Waals surface area contributed by atoms with E-state index < -0.39 is 0 Å². The molecule has 0 fully saturated rings. The first-order valence-electron chi connectivity index (χ1n) is 9.24. The molecule has 5 rings (SSSR count). The Kier molecular flexibility index (Phi) is 4.40. The number of aromatic nitrogens is 3. The molecule has 0 saturated heterocycles. The number of amides is 1. The van der Waals surface area contributed by atoms with Gasteiger partial charge in [-0.3, -0.25) is 9.89 Å². The largest absolute Gasteiger partial charge is 0.486 e. The van der Waals surface area contributed by atoms with Gasteiger partial charge in [0.25, 0.3) is 0 Å². The molecule has 7 nitrogen and oxygen atoms in total. The number of fused-ring (bicyclic) bond motifs is 2. The molecule has 1 amide bonds. The summed E-state index contributed by atoms with van der Waals surface area (Å²) in [5.41, 5.74) is 5.49. The number of rotatable bonds is 4. The molecule has 0 bridgehead atoms. The van der Waals surface area contributed by atoms with Crippen LogP contribution in [-0.2, 0) is 11.2 Å². The minimum atomic E-state index is -0.148. The molecule has 0 unspecified atom stereocenters. The van der Waals surface area contributed by atoms with Gasteiger partial charge in [0.15, 0.2) is 17.3 Å². The van der Waals surface area contributed by atoms with Gasteiger partial charge in [0.1, 0.15) is 13.2 Å². The summed E-state index contributed by atoms with van der Waals surface area (Å²) < 4.78 is 11.1. The molecule has 4 aromatic rings. The van der Waals surface area contributed by atoms with Crippen LogP contribution in [0.4, 0.5) is 5.82 Å². The molecule has 146 valence electrons. The topological polar surface area (TPSA) is 89.1 Å². The van der Waals surface area contributed by atoms with Crippen molar-refractivity contribution in [2.24, 2.45) is 0 Å². The van der Waals surface area contributed by atoms with Crippen molar-refractivity contribution in [3.05, 3.63) is 52.3 Å². The zero-order chi connectivity index (χ0) is 19.8. The van der Waals surface area contributed by atoms with Crippen molar-refractivity contribution in [1.29, 1.82) is 0 Å². The fraction of sp³-hybridized carbons (Fsp3) is 0.190. The number of H-pyrrole nitrogens is 1. The Balaban J connectivity index is 1.37. The van der Waals surface area contributed by atoms with Gasteiger partial charge < -0.3 is 14.8 Å². The molecule has 0 saturated carbocycles. The van der Waals surface area contributed by atoms with E-state index in [0.717, 1.165) is 32.6 Å². The van der Waals surface area contributed by atoms with Gasteiger partial charge in [-0.15, -0.1) is 11.3 Å². The van der Waals surface area contributed by atoms with Gasteiger partial charge in [-0.2, -0.15) is 5.10 Å². The normalized spacial score (nSPS) is 12.9. The van der Waals surface area contributed by atoms with Gasteiger partial charge in [0.05, 0.1) is 23.1 Å². The average Bonchev–Trinajstić information content (AvgIpc) is 3.33. The Morgan fingerprint density at radius 2 is 2.03 bits per heavy atom. The lowest BCUT2D eigenvalue weighted by Gasteiger charge is -2.18. The molecular formula is C21H18N4O3S. The fourth-order valence-corrected chi connectivity index (χ4v) is 4.00. The quantitative estimate of drug-likeness (QED) is 0.536. The molecular weight excluding hydrogens is 388 g/mol. The van der Waals surface area contributed by atoms with Crippen LogP contribution in [0.3, 0.4) is 0 Å². The lowest BCUT2D eigenvalue weighted by Crippen LogP contribution is -2.17. The number of hydrogen-bond acceptors (Lipinski definition) is 6. The van der Waals surface area contributed by atoms with E-state index in [0.29, 0.717) is 30.5 Å². The minimum absolute atomic E-state index is 0.148. The van der Waals surface area contributed by atoms with Gasteiger partial charge in [0, 0.05) is 15.8 Å². The van der Waals surface area contributed by atoms with Crippen molar-refractivity contribution >= 4 is 34.0 Å². The zero-order valence-corrected chi connectivity index (χ0v) is 16.5. The smallest absolute Gasteiger partial charge is 0.230 e. The second-order valence-electron chi connectivity index (χ2n) is 6.79. The molecule has 0 radical (unpaired) electrons. The van der Waals surface area contributed by atoms with Crippen molar-refractivity contribution in [3.63, 3.8) is 0 Å². The molecule has 0 atom stereocenters. The molecule has 2 N–H and O–H groups in total. The van der Waals surface area contributed by atoms with E-state index in [4.69, 9.17) is 9.47 Å². The highest BCUT2D eigenvalue weighted by atomic mass is 32.1. The summed E-state index contributed by atoms with van der Waals surface area (Å²) in [5, 5.41) is 11.0. The number of aromatic amines is 1. The van der Waals surface area contributed by atoms with Crippen molar-refractivity contribution in [3.8, 4) is 22.8 Å². The van der Waals surface area contributed by atoms with Crippen LogP contribution >= 0.6 is 11.3 Å². The Hall–Kier alpha value is -3.39. The summed E-state index contributed by atoms with van der Waals surface area (Å²) in [5.74, 6) is 1.75. The first-order valence-corrected chi connectivity index (χ1v) is 10.1. The molecule has 3 heterocycles. The van der Waals surface area contributed by atoms with Gasteiger partial charge >= 0.3 is 0 Å². The second kappa shape index (κ2) is 7.21. The number of carbonyl (C=O) groups excluding carboxylic acids is 1. The highest BCUT2D eigenvalue weighted by molar-refractivity contribution is 7.10. The lowest BCUT2D eigenvalue weighted by atomic mass is 10.1. The predicted octanol–water partition coefficient (Wildman–Crippen LogP) is 3.95. The summed E-state index contributed by atoms with van der Waals surface area (Å²) in [4.78, 5) is 18.2. The van der Waals surface area contributed by atoms with Crippen LogP contribution in [0.15, 0.2) is 41.9 Å². The first kappa shape index (κ1) is 17.7. The predicted molar refractivity (Wildman–Crippen MR) is 112 cm³/mol. The van der Waals surface area contributed by atoms with Crippen LogP contribution < -0.4 is 14.8 Å². The summed E-state index contributed by atoms with van der Waals surface area (Å²) in [6.45, 7) is 3.10. The summed E-state index contributed by atoms with van der Waals surface area (Å²) in [6.07, 6.45) is 0.218. The van der Waals surface area contributed by atoms with Crippen LogP contribution in [0.5, 0.6) is 11.5 Å². The third-order valence-corrected chi connectivity index (χ3v) is 5.57. The molecule has 1 aliphatic rings. The monoisotopic (exact) mass is 406 g/mol. The SMILES string of the molecule is Cc1scnc1-c1ccc2[nH]nc(NC(=O)Cc3ccc4c(c3)OCCO4)c2c1. The van der Waals surface area contributed by atoms with Crippen LogP contribution in [0, 0.1) is 6.92 Å². The molecule has 29 heavy (non-hydrogen) atoms. The van der Waals surface area contributed by atoms with Crippen LogP contribution in [0.1, 0.15) is 10.4 Å². The van der Waals surface area contributed by atoms with Crippen molar-refractivity contribution in [1.82, 2.24) is 15.2 Å². The fourth-order valence-electron chi connectivity index (χ4n) is 3.40. The zero-order valence-electron chi connectivity index (χ0n) is 15.7. The van der Waals surface area contributed by atoms with E-state index in [1.54, 1.807) is 11.3 Å². The maximum atomic E-state index is 12.6. The number of nitrogens with one attached hydrogen (secondary N) is 2. The van der Waals surface area contributed by atoms with E-state index in [1.165, 1.54) is 0 Å². The van der Waals surface area contributed by atoms with E-state index in [2.05, 4.69) is 20.5 Å². The number of benzene rings is 2. The van der Waals surface area contributed by atoms with E-state index in [-0.39, 0.29) is 12.3 Å². The molecule has 8 heteroatoms. The average molecular weight is 406 g/mol. The van der Waals surface area contributed by atoms with Crippen LogP contribution in [0.2, 0.25) is 0 Å². The minimum Gasteiger partial charge on any atom is -0.486 e. The number of thiazole rings is 1. The first-order chi connectivity index (χ1) is 14.2. The number of ether oxygens (including phenoxy) is 2. The molecule has 1 aliphatic heterocycles. The maximum Gasteiger partial charge on any atom is 0.230 e. The van der Waals surface area contributed by atoms with Crippen molar-refractivity contribution in [2.75, 3.05) is 18.5 Å². The van der Waals surface area contributed by atoms with Crippen molar-refractivity contribution in [2.45, 2.75) is 13.3 Å². The maximum absolute atomic E-state index is 12.6.